The summed E-state index contributed by atoms with van der Waals surface area (Å²) in [6, 6.07) is 0. The maximum absolute atomic E-state index is 17.5. The molecule has 2 unspecified atom stereocenters. The lowest BCUT2D eigenvalue weighted by molar-refractivity contribution is -0.757. The Balaban J connectivity index is 1.69. The monoisotopic (exact) mass is 593 g/mol. The Labute approximate surface area is 243 Å². The number of alkyl halides is 1. The number of rotatable bonds is 11. The molecule has 0 saturated heterocycles. The number of Topliss-reactive ketones (excluding diaryl/α,β-unsaturated/α-hetero) is 1. The van der Waals surface area contributed by atoms with Crippen LogP contribution in [0.5, 0.6) is 0 Å². The van der Waals surface area contributed by atoms with E-state index in [2.05, 4.69) is 4.84 Å². The van der Waals surface area contributed by atoms with Gasteiger partial charge in [0.15, 0.2) is 23.7 Å². The first-order chi connectivity index (χ1) is 19.7. The maximum atomic E-state index is 17.5. The summed E-state index contributed by atoms with van der Waals surface area (Å²) >= 11 is 0. The Kier molecular flexibility index (Phi) is 8.70. The van der Waals surface area contributed by atoms with Gasteiger partial charge in [0.2, 0.25) is 5.78 Å². The molecule has 3 saturated carbocycles. The molecule has 0 amide bonds. The molecule has 0 aromatic heterocycles. The molecule has 0 aromatic rings. The molecule has 8 atom stereocenters. The summed E-state index contributed by atoms with van der Waals surface area (Å²) in [7, 11) is 0. The molecule has 3 fully saturated rings. The number of nitrogens with zero attached hydrogens (tertiary/aromatic N) is 1. The van der Waals surface area contributed by atoms with Gasteiger partial charge < -0.3 is 19.4 Å². The Morgan fingerprint density at radius 2 is 1.90 bits per heavy atom. The van der Waals surface area contributed by atoms with E-state index in [9.17, 15) is 34.4 Å². The van der Waals surface area contributed by atoms with Crippen molar-refractivity contribution in [2.75, 3.05) is 13.2 Å². The van der Waals surface area contributed by atoms with Crippen LogP contribution in [0.3, 0.4) is 0 Å². The van der Waals surface area contributed by atoms with Gasteiger partial charge in [-0.3, -0.25) is 19.2 Å². The van der Waals surface area contributed by atoms with E-state index in [-0.39, 0.29) is 18.6 Å². The molecule has 0 aliphatic heterocycles. The number of carbonyl (C=O) groups is 4. The van der Waals surface area contributed by atoms with Crippen molar-refractivity contribution in [1.29, 1.82) is 0 Å². The van der Waals surface area contributed by atoms with Crippen molar-refractivity contribution in [3.05, 3.63) is 33.9 Å². The minimum atomic E-state index is -2.13. The van der Waals surface area contributed by atoms with Crippen LogP contribution in [0, 0.1) is 38.7 Å². The molecule has 0 spiro atoms. The van der Waals surface area contributed by atoms with Gasteiger partial charge in [0.05, 0.1) is 12.5 Å². The molecule has 4 aliphatic rings. The first-order valence-corrected chi connectivity index (χ1v) is 14.7. The summed E-state index contributed by atoms with van der Waals surface area (Å²) in [4.78, 5) is 66.0. The van der Waals surface area contributed by atoms with Crippen LogP contribution in [0.15, 0.2) is 23.8 Å². The lowest BCUT2D eigenvalue weighted by atomic mass is 9.44. The quantitative estimate of drug-likeness (QED) is 0.212. The van der Waals surface area contributed by atoms with Gasteiger partial charge in [0.25, 0.3) is 5.09 Å². The molecule has 4 aliphatic carbocycles. The third-order valence-corrected chi connectivity index (χ3v) is 10.5. The van der Waals surface area contributed by atoms with Crippen molar-refractivity contribution in [3.63, 3.8) is 0 Å². The maximum Gasteiger partial charge on any atom is 0.308 e. The second-order valence-corrected chi connectivity index (χ2v) is 12.6. The van der Waals surface area contributed by atoms with Crippen molar-refractivity contribution in [2.24, 2.45) is 28.6 Å². The van der Waals surface area contributed by atoms with Gasteiger partial charge in [0.1, 0.15) is 6.61 Å². The number of fused-ring (bicyclic) bond motifs is 5. The SMILES string of the molecule is CCCCC(=O)O[C@]1(C(=O)COC(=O)CCO[N+](=O)[O-])[C@@H](C)CC2C3CCC4=CC(=O)C=C[C@]4(C)[C@@]3(F)[C@@H](O)C[C@@]21C. The van der Waals surface area contributed by atoms with Crippen molar-refractivity contribution < 1.29 is 48.1 Å². The van der Waals surface area contributed by atoms with E-state index >= 15 is 4.39 Å². The number of esters is 2. The van der Waals surface area contributed by atoms with Gasteiger partial charge in [-0.05, 0) is 57.1 Å². The number of hydrogen-bond donors (Lipinski definition) is 1. The average Bonchev–Trinajstić information content (AvgIpc) is 3.13. The van der Waals surface area contributed by atoms with Crippen molar-refractivity contribution >= 4 is 23.5 Å². The van der Waals surface area contributed by atoms with Gasteiger partial charge in [-0.2, -0.15) is 0 Å². The molecule has 0 radical (unpaired) electrons. The van der Waals surface area contributed by atoms with E-state index in [4.69, 9.17) is 9.47 Å². The van der Waals surface area contributed by atoms with Crippen molar-refractivity contribution in [1.82, 2.24) is 0 Å². The summed E-state index contributed by atoms with van der Waals surface area (Å²) in [5, 5.41) is 21.0. The predicted molar refractivity (Wildman–Crippen MR) is 145 cm³/mol. The van der Waals surface area contributed by atoms with E-state index in [1.807, 2.05) is 6.92 Å². The third-order valence-electron chi connectivity index (χ3n) is 10.5. The van der Waals surface area contributed by atoms with Crippen LogP contribution in [0.25, 0.3) is 0 Å². The number of aliphatic hydroxyl groups is 1. The normalized spacial score (nSPS) is 38.4. The second-order valence-electron chi connectivity index (χ2n) is 12.6. The van der Waals surface area contributed by atoms with Gasteiger partial charge >= 0.3 is 11.9 Å². The van der Waals surface area contributed by atoms with E-state index in [0.717, 1.165) is 0 Å². The highest BCUT2D eigenvalue weighted by Gasteiger charge is 2.77. The highest BCUT2D eigenvalue weighted by atomic mass is 19.1. The Hall–Kier alpha value is -3.15. The van der Waals surface area contributed by atoms with E-state index < -0.39 is 88.4 Å². The summed E-state index contributed by atoms with van der Waals surface area (Å²) in [5.41, 5.74) is -5.73. The molecule has 0 aromatic carbocycles. The lowest BCUT2D eigenvalue weighted by Crippen LogP contribution is -2.70. The number of aliphatic hydroxyl groups excluding tert-OH is 1. The van der Waals surface area contributed by atoms with Crippen LogP contribution in [0.2, 0.25) is 0 Å². The first-order valence-electron chi connectivity index (χ1n) is 14.7. The fraction of sp³-hybridized carbons (Fsp3) is 0.733. The zero-order valence-electron chi connectivity index (χ0n) is 24.6. The Morgan fingerprint density at radius 3 is 2.57 bits per heavy atom. The molecule has 42 heavy (non-hydrogen) atoms. The number of hydrogen-bond acceptors (Lipinski definition) is 10. The summed E-state index contributed by atoms with van der Waals surface area (Å²) < 4.78 is 28.8. The second kappa shape index (κ2) is 11.5. The van der Waals surface area contributed by atoms with Crippen LogP contribution in [0.4, 0.5) is 4.39 Å². The Bertz CT molecular complexity index is 1220. The van der Waals surface area contributed by atoms with Crippen LogP contribution in [0.1, 0.15) is 79.1 Å². The predicted octanol–water partition coefficient (Wildman–Crippen LogP) is 3.79. The molecule has 11 nitrogen and oxygen atoms in total. The number of ketones is 2. The molecule has 12 heteroatoms. The molecule has 0 bridgehead atoms. The van der Waals surface area contributed by atoms with Crippen molar-refractivity contribution in [3.8, 4) is 0 Å². The zero-order chi connectivity index (χ0) is 31.1. The average molecular weight is 594 g/mol. The zero-order valence-corrected chi connectivity index (χ0v) is 24.6. The van der Waals surface area contributed by atoms with Gasteiger partial charge in [-0.15, -0.1) is 10.1 Å². The van der Waals surface area contributed by atoms with Crippen LogP contribution in [-0.4, -0.2) is 64.3 Å². The first kappa shape index (κ1) is 31.8. The number of allylic oxidation sites excluding steroid dienone is 4. The molecule has 232 valence electrons. The number of unbranched alkanes of at least 4 members (excludes halogenated alkanes) is 1. The highest BCUT2D eigenvalue weighted by molar-refractivity contribution is 6.01. The van der Waals surface area contributed by atoms with Crippen molar-refractivity contribution in [2.45, 2.75) is 96.4 Å². The standard InChI is InChI=1S/C30H40FNO10/c1-5-6-7-26(37)42-30(24(35)17-40-25(36)11-13-41-32(38)39)18(2)14-22-21-9-8-19-15-20(33)10-12-27(19,3)29(21,31)23(34)16-28(22,30)4/h10,12,15,18,21-23,34H,5-9,11,13-14,16-17H2,1-4H3/t18-,21?,22?,23-,27-,28-,29-,30-/m0/s1. The fourth-order valence-electron chi connectivity index (χ4n) is 8.48. The van der Waals surface area contributed by atoms with Gasteiger partial charge in [-0.25, -0.2) is 4.39 Å². The highest BCUT2D eigenvalue weighted by Crippen LogP contribution is 2.71. The molecular formula is C30H40FNO10. The summed E-state index contributed by atoms with van der Waals surface area (Å²) in [6.07, 6.45) is 4.51. The minimum absolute atomic E-state index is 0.0566. The lowest BCUT2D eigenvalue weighted by Gasteiger charge is -2.62. The number of carbonyl (C=O) groups excluding carboxylic acids is 4. The smallest absolute Gasteiger partial charge is 0.308 e. The van der Waals surface area contributed by atoms with Gasteiger partial charge in [-0.1, -0.05) is 38.8 Å². The largest absolute Gasteiger partial charge is 0.457 e. The number of halogens is 1. The Morgan fingerprint density at radius 1 is 1.19 bits per heavy atom. The minimum Gasteiger partial charge on any atom is -0.457 e. The third kappa shape index (κ3) is 4.85. The molecule has 1 N–H and O–H groups in total. The van der Waals surface area contributed by atoms with Crippen LogP contribution >= 0.6 is 0 Å². The van der Waals surface area contributed by atoms with E-state index in [0.29, 0.717) is 37.7 Å². The van der Waals surface area contributed by atoms with Gasteiger partial charge in [0, 0.05) is 29.1 Å². The van der Waals surface area contributed by atoms with Crippen LogP contribution in [-0.2, 0) is 33.5 Å². The van der Waals surface area contributed by atoms with Crippen LogP contribution < -0.4 is 0 Å². The summed E-state index contributed by atoms with van der Waals surface area (Å²) in [6.45, 7) is 5.79. The van der Waals surface area contributed by atoms with E-state index in [1.54, 1.807) is 26.8 Å². The molecule has 4 rings (SSSR count). The fourth-order valence-corrected chi connectivity index (χ4v) is 8.48. The summed E-state index contributed by atoms with van der Waals surface area (Å²) in [5.74, 6) is -4.20. The van der Waals surface area contributed by atoms with E-state index in [1.165, 1.54) is 12.2 Å². The topological polar surface area (TPSA) is 159 Å². The molecular weight excluding hydrogens is 553 g/mol. The number of ether oxygens (including phenoxy) is 2. The molecule has 0 heterocycles.